The van der Waals surface area contributed by atoms with Gasteiger partial charge in [0.25, 0.3) is 0 Å². The standard InChI is InChI=1S/2C16H13.C3H6.4CH3.2Zr/c2*1-12-10-14-8-5-9-15(16(14)11-12)13-6-3-2-4-7-13;1-3-2;;;;;;/h2*2-11H,1H3;1-2H3;4*1H3;;. The van der Waals surface area contributed by atoms with Crippen LogP contribution in [0.2, 0.25) is 19.4 Å². The molecule has 2 heteroatoms. The number of fused-ring (bicyclic) bond motifs is 2. The van der Waals surface area contributed by atoms with Crippen LogP contribution >= 0.6 is 0 Å². The normalized spacial score (nSPS) is 18.5. The maximum absolute atomic E-state index is 2.87. The molecule has 2 aliphatic carbocycles. The van der Waals surface area contributed by atoms with Gasteiger partial charge in [0.05, 0.1) is 0 Å². The fourth-order valence-electron chi connectivity index (χ4n) is 8.31. The van der Waals surface area contributed by atoms with Crippen LogP contribution < -0.4 is 0 Å². The van der Waals surface area contributed by atoms with E-state index in [1.165, 1.54) is 33.4 Å². The van der Waals surface area contributed by atoms with E-state index in [1.54, 1.807) is 22.3 Å². The van der Waals surface area contributed by atoms with E-state index in [2.05, 4.69) is 155 Å². The first-order chi connectivity index (χ1) is 19.5. The average molecular weight is 695 g/mol. The third-order valence-corrected chi connectivity index (χ3v) is 56.8. The molecule has 0 saturated heterocycles. The Morgan fingerprint density at radius 1 is 0.488 bits per heavy atom. The van der Waals surface area contributed by atoms with Crippen molar-refractivity contribution in [2.75, 3.05) is 0 Å². The molecule has 0 N–H and O–H groups in total. The van der Waals surface area contributed by atoms with Gasteiger partial charge in [-0.25, -0.2) is 0 Å². The fourth-order valence-corrected chi connectivity index (χ4v) is 55.4. The van der Waals surface area contributed by atoms with E-state index in [4.69, 9.17) is 0 Å². The Labute approximate surface area is 257 Å². The third-order valence-electron chi connectivity index (χ3n) is 11.4. The molecule has 2 atom stereocenters. The molecule has 0 aromatic heterocycles. The summed E-state index contributed by atoms with van der Waals surface area (Å²) in [5.41, 5.74) is 14.8. The van der Waals surface area contributed by atoms with Crippen LogP contribution in [0, 0.1) is 0 Å². The van der Waals surface area contributed by atoms with Gasteiger partial charge in [-0.3, -0.25) is 0 Å². The zero-order chi connectivity index (χ0) is 29.2. The van der Waals surface area contributed by atoms with Crippen molar-refractivity contribution < 1.29 is 40.5 Å². The van der Waals surface area contributed by atoms with E-state index in [1.807, 2.05) is 0 Å². The van der Waals surface area contributed by atoms with Crippen LogP contribution in [-0.2, 0) is 40.5 Å². The van der Waals surface area contributed by atoms with Crippen LogP contribution in [0.1, 0.15) is 57.2 Å². The number of benzene rings is 4. The summed E-state index contributed by atoms with van der Waals surface area (Å²) in [6.07, 6.45) is 5.09. The molecule has 0 aliphatic heterocycles. The number of allylic oxidation sites excluding steroid dienone is 2. The van der Waals surface area contributed by atoms with Gasteiger partial charge in [0, 0.05) is 0 Å². The minimum atomic E-state index is -2.87. The van der Waals surface area contributed by atoms with Gasteiger partial charge in [-0.15, -0.1) is 0 Å². The second-order valence-electron chi connectivity index (χ2n) is 14.1. The molecule has 2 unspecified atom stereocenters. The zero-order valence-electron chi connectivity index (χ0n) is 26.0. The molecule has 0 amide bonds. The van der Waals surface area contributed by atoms with Crippen molar-refractivity contribution in [2.45, 2.75) is 54.3 Å². The van der Waals surface area contributed by atoms with E-state index >= 15 is 0 Å². The molecule has 0 spiro atoms. The van der Waals surface area contributed by atoms with Gasteiger partial charge >= 0.3 is 260 Å². The molecule has 0 saturated carbocycles. The van der Waals surface area contributed by atoms with E-state index in [9.17, 15) is 0 Å². The zero-order valence-corrected chi connectivity index (χ0v) is 31.0. The van der Waals surface area contributed by atoms with Gasteiger partial charge in [0.2, 0.25) is 0 Å². The van der Waals surface area contributed by atoms with Gasteiger partial charge in [-0.05, 0) is 0 Å². The Morgan fingerprint density at radius 3 is 1.22 bits per heavy atom. The minimum absolute atomic E-state index is 0.414. The van der Waals surface area contributed by atoms with Gasteiger partial charge in [0.1, 0.15) is 0 Å². The van der Waals surface area contributed by atoms with Gasteiger partial charge in [-0.2, -0.15) is 0 Å². The van der Waals surface area contributed by atoms with Crippen molar-refractivity contribution in [1.29, 1.82) is 0 Å². The molecule has 6 rings (SSSR count). The Morgan fingerprint density at radius 2 is 0.854 bits per heavy atom. The van der Waals surface area contributed by atoms with E-state index in [0.29, 0.717) is 8.08 Å². The van der Waals surface area contributed by atoms with Crippen molar-refractivity contribution in [2.24, 2.45) is 0 Å². The first-order valence-corrected chi connectivity index (χ1v) is 30.3. The number of hydrogen-bond acceptors (Lipinski definition) is 0. The Bertz CT molecular complexity index is 1540. The first-order valence-electron chi connectivity index (χ1n) is 15.2. The van der Waals surface area contributed by atoms with Crippen molar-refractivity contribution in [1.82, 2.24) is 0 Å². The summed E-state index contributed by atoms with van der Waals surface area (Å²) in [7, 11) is 0. The Balaban J connectivity index is 1.42. The quantitative estimate of drug-likeness (QED) is 0.188. The second-order valence-corrected chi connectivity index (χ2v) is 43.0. The van der Waals surface area contributed by atoms with Crippen LogP contribution in [0.5, 0.6) is 0 Å². The molecule has 208 valence electrons. The summed E-state index contributed by atoms with van der Waals surface area (Å²) in [4.78, 5) is 0. The van der Waals surface area contributed by atoms with Gasteiger partial charge in [-0.1, -0.05) is 0 Å². The van der Waals surface area contributed by atoms with Crippen LogP contribution in [-0.4, -0.2) is 0 Å². The van der Waals surface area contributed by atoms with Gasteiger partial charge in [0.15, 0.2) is 0 Å². The maximum atomic E-state index is 2.79. The molecule has 0 nitrogen and oxygen atoms in total. The van der Waals surface area contributed by atoms with E-state index in [0.717, 1.165) is 0 Å². The summed E-state index contributed by atoms with van der Waals surface area (Å²) in [6.45, 7) is 10.3. The monoisotopic (exact) mass is 692 g/mol. The Hall–Kier alpha value is -1.87. The van der Waals surface area contributed by atoms with E-state index in [-0.39, 0.29) is 0 Å². The second kappa shape index (κ2) is 10.7. The number of rotatable bonds is 6. The molecule has 0 fully saturated rings. The predicted molar refractivity (Wildman–Crippen MR) is 174 cm³/mol. The SMILES string of the molecule is CC1=Cc2c(-c3ccccc3)cccc2[CH]1[Zr]([CH3])([CH3])[C](C)(C)[Zr]([CH3])([CH3])[CH]1C(C)=Cc2c(-c3ccccc3)cccc21. The van der Waals surface area contributed by atoms with Crippen molar-refractivity contribution >= 4 is 12.2 Å². The molecule has 2 aliphatic rings. The van der Waals surface area contributed by atoms with Crippen LogP contribution in [0.15, 0.2) is 108 Å². The average Bonchev–Trinajstić information content (AvgIpc) is 3.49. The molecular weight excluding hydrogens is 651 g/mol. The molecular formula is C39H44Zr2. The molecule has 4 aromatic carbocycles. The third kappa shape index (κ3) is 4.59. The van der Waals surface area contributed by atoms with Crippen molar-refractivity contribution in [3.05, 3.63) is 130 Å². The first kappa shape index (κ1) is 29.2. The fraction of sp³-hybridized carbons (Fsp3) is 0.282. The summed E-state index contributed by atoms with van der Waals surface area (Å²) in [5.74, 6) is 0. The topological polar surface area (TPSA) is 0 Å². The van der Waals surface area contributed by atoms with Crippen LogP contribution in [0.4, 0.5) is 0 Å². The summed E-state index contributed by atoms with van der Waals surface area (Å²) < 4.78 is 12.8. The summed E-state index contributed by atoms with van der Waals surface area (Å²) >= 11 is -5.75. The van der Waals surface area contributed by atoms with Crippen LogP contribution in [0.25, 0.3) is 34.4 Å². The Kier molecular flexibility index (Phi) is 7.61. The molecule has 0 radical (unpaired) electrons. The molecule has 41 heavy (non-hydrogen) atoms. The van der Waals surface area contributed by atoms with Crippen molar-refractivity contribution in [3.8, 4) is 22.3 Å². The van der Waals surface area contributed by atoms with Crippen LogP contribution in [0.3, 0.4) is 0 Å². The van der Waals surface area contributed by atoms with Crippen molar-refractivity contribution in [3.63, 3.8) is 0 Å². The molecule has 0 heterocycles. The molecule has 4 aromatic rings. The summed E-state index contributed by atoms with van der Waals surface area (Å²) in [6, 6.07) is 36.2. The summed E-state index contributed by atoms with van der Waals surface area (Å²) in [5, 5.41) is 0. The molecule has 0 bridgehead atoms. The number of hydrogen-bond donors (Lipinski definition) is 0. The van der Waals surface area contributed by atoms with E-state index < -0.39 is 40.5 Å². The predicted octanol–water partition coefficient (Wildman–Crippen LogP) is 12.3. The van der Waals surface area contributed by atoms with Gasteiger partial charge < -0.3 is 0 Å².